The minimum Gasteiger partial charge on any atom is -0.399 e. The normalized spacial score (nSPS) is 10.2. The van der Waals surface area contributed by atoms with Gasteiger partial charge in [0.25, 0.3) is 0 Å². The zero-order valence-corrected chi connectivity index (χ0v) is 10.0. The molecule has 3 heteroatoms. The van der Waals surface area contributed by atoms with Gasteiger partial charge in [0.15, 0.2) is 0 Å². The average Bonchev–Trinajstić information content (AvgIpc) is 2.37. The van der Waals surface area contributed by atoms with E-state index in [2.05, 4.69) is 22.9 Å². The predicted molar refractivity (Wildman–Crippen MR) is 71.8 cm³/mol. The number of aromatic nitrogens is 1. The molecule has 0 amide bonds. The third kappa shape index (κ3) is 2.97. The van der Waals surface area contributed by atoms with Gasteiger partial charge in [0.1, 0.15) is 0 Å². The van der Waals surface area contributed by atoms with Crippen LogP contribution in [0.2, 0.25) is 0 Å². The van der Waals surface area contributed by atoms with Crippen LogP contribution in [0.1, 0.15) is 12.5 Å². The molecular formula is C14H17N3. The molecule has 0 aliphatic rings. The van der Waals surface area contributed by atoms with E-state index in [-0.39, 0.29) is 0 Å². The lowest BCUT2D eigenvalue weighted by atomic mass is 10.2. The van der Waals surface area contributed by atoms with Crippen LogP contribution in [0.3, 0.4) is 0 Å². The van der Waals surface area contributed by atoms with Crippen molar-refractivity contribution in [1.29, 1.82) is 0 Å². The van der Waals surface area contributed by atoms with Gasteiger partial charge in [-0.15, -0.1) is 0 Å². The zero-order chi connectivity index (χ0) is 12.1. The molecule has 0 unspecified atom stereocenters. The summed E-state index contributed by atoms with van der Waals surface area (Å²) in [6.07, 6.45) is 3.64. The molecule has 0 fully saturated rings. The molecular weight excluding hydrogens is 210 g/mol. The van der Waals surface area contributed by atoms with Gasteiger partial charge < -0.3 is 10.6 Å². The number of pyridine rings is 1. The Kier molecular flexibility index (Phi) is 3.60. The fourth-order valence-electron chi connectivity index (χ4n) is 1.82. The molecule has 0 aliphatic carbocycles. The number of rotatable bonds is 4. The fraction of sp³-hybridized carbons (Fsp3) is 0.214. The summed E-state index contributed by atoms with van der Waals surface area (Å²) < 4.78 is 0. The van der Waals surface area contributed by atoms with E-state index in [0.717, 1.165) is 24.5 Å². The van der Waals surface area contributed by atoms with Gasteiger partial charge in [-0.1, -0.05) is 6.07 Å². The van der Waals surface area contributed by atoms with E-state index >= 15 is 0 Å². The number of hydrogen-bond donors (Lipinski definition) is 1. The zero-order valence-electron chi connectivity index (χ0n) is 10.0. The first kappa shape index (κ1) is 11.5. The Hall–Kier alpha value is -2.03. The van der Waals surface area contributed by atoms with Gasteiger partial charge in [-0.05, 0) is 42.8 Å². The molecule has 1 heterocycles. The monoisotopic (exact) mass is 227 g/mol. The minimum absolute atomic E-state index is 0.802. The van der Waals surface area contributed by atoms with Crippen LogP contribution in [0.5, 0.6) is 0 Å². The van der Waals surface area contributed by atoms with Gasteiger partial charge in [0, 0.05) is 36.9 Å². The van der Waals surface area contributed by atoms with Gasteiger partial charge in [-0.2, -0.15) is 0 Å². The molecule has 0 spiro atoms. The van der Waals surface area contributed by atoms with Crippen LogP contribution >= 0.6 is 0 Å². The van der Waals surface area contributed by atoms with E-state index in [1.807, 2.05) is 42.7 Å². The topological polar surface area (TPSA) is 42.2 Å². The molecule has 2 rings (SSSR count). The molecule has 0 saturated heterocycles. The smallest absolute Gasteiger partial charge is 0.0430 e. The molecule has 0 bridgehead atoms. The highest BCUT2D eigenvalue weighted by atomic mass is 15.1. The van der Waals surface area contributed by atoms with Crippen molar-refractivity contribution in [1.82, 2.24) is 4.98 Å². The number of anilines is 2. The highest BCUT2D eigenvalue weighted by Crippen LogP contribution is 2.19. The molecule has 3 nitrogen and oxygen atoms in total. The summed E-state index contributed by atoms with van der Waals surface area (Å²) in [5.74, 6) is 0. The van der Waals surface area contributed by atoms with Gasteiger partial charge in [0.2, 0.25) is 0 Å². The number of nitrogen functional groups attached to an aromatic ring is 1. The third-order valence-corrected chi connectivity index (χ3v) is 2.74. The molecule has 0 saturated carbocycles. The highest BCUT2D eigenvalue weighted by Gasteiger charge is 2.05. The Bertz CT molecular complexity index is 468. The summed E-state index contributed by atoms with van der Waals surface area (Å²) in [6, 6.07) is 12.1. The van der Waals surface area contributed by atoms with Crippen molar-refractivity contribution in [2.24, 2.45) is 0 Å². The first-order chi connectivity index (χ1) is 8.29. The Morgan fingerprint density at radius 3 is 2.59 bits per heavy atom. The van der Waals surface area contributed by atoms with E-state index in [1.54, 1.807) is 0 Å². The van der Waals surface area contributed by atoms with Gasteiger partial charge in [0.05, 0.1) is 0 Å². The lowest BCUT2D eigenvalue weighted by Gasteiger charge is -2.23. The average molecular weight is 227 g/mol. The van der Waals surface area contributed by atoms with Crippen molar-refractivity contribution >= 4 is 11.4 Å². The molecule has 0 radical (unpaired) electrons. The van der Waals surface area contributed by atoms with Crippen LogP contribution in [0.15, 0.2) is 48.8 Å². The number of nitrogens with two attached hydrogens (primary N) is 1. The van der Waals surface area contributed by atoms with Crippen molar-refractivity contribution in [3.05, 3.63) is 54.4 Å². The summed E-state index contributed by atoms with van der Waals surface area (Å²) in [5, 5.41) is 0. The fourth-order valence-corrected chi connectivity index (χ4v) is 1.82. The Morgan fingerprint density at radius 1 is 1.18 bits per heavy atom. The summed E-state index contributed by atoms with van der Waals surface area (Å²) in [6.45, 7) is 3.97. The quantitative estimate of drug-likeness (QED) is 0.816. The predicted octanol–water partition coefficient (Wildman–Crippen LogP) is 2.69. The molecule has 0 atom stereocenters. The minimum atomic E-state index is 0.802. The second-order valence-electron chi connectivity index (χ2n) is 3.96. The standard InChI is InChI=1S/C14H17N3/c1-2-17(11-12-6-8-16-9-7-12)14-5-3-4-13(15)10-14/h3-10H,2,11,15H2,1H3. The Morgan fingerprint density at radius 2 is 1.94 bits per heavy atom. The van der Waals surface area contributed by atoms with Crippen LogP contribution in [0.4, 0.5) is 11.4 Å². The van der Waals surface area contributed by atoms with Crippen molar-refractivity contribution in [3.63, 3.8) is 0 Å². The van der Waals surface area contributed by atoms with Crippen LogP contribution in [-0.4, -0.2) is 11.5 Å². The summed E-state index contributed by atoms with van der Waals surface area (Å²) in [5.41, 5.74) is 9.02. The first-order valence-corrected chi connectivity index (χ1v) is 5.79. The van der Waals surface area contributed by atoms with Crippen LogP contribution in [0.25, 0.3) is 0 Å². The molecule has 17 heavy (non-hydrogen) atoms. The first-order valence-electron chi connectivity index (χ1n) is 5.79. The highest BCUT2D eigenvalue weighted by molar-refractivity contribution is 5.56. The van der Waals surface area contributed by atoms with Crippen LogP contribution in [-0.2, 0) is 6.54 Å². The molecule has 1 aromatic heterocycles. The lowest BCUT2D eigenvalue weighted by Crippen LogP contribution is -2.21. The van der Waals surface area contributed by atoms with E-state index in [0.29, 0.717) is 0 Å². The molecule has 0 aliphatic heterocycles. The van der Waals surface area contributed by atoms with Crippen molar-refractivity contribution in [2.45, 2.75) is 13.5 Å². The SMILES string of the molecule is CCN(Cc1ccncc1)c1cccc(N)c1. The van der Waals surface area contributed by atoms with Gasteiger partial charge >= 0.3 is 0 Å². The maximum Gasteiger partial charge on any atom is 0.0430 e. The largest absolute Gasteiger partial charge is 0.399 e. The third-order valence-electron chi connectivity index (χ3n) is 2.74. The lowest BCUT2D eigenvalue weighted by molar-refractivity contribution is 0.830. The summed E-state index contributed by atoms with van der Waals surface area (Å²) in [7, 11) is 0. The van der Waals surface area contributed by atoms with Crippen molar-refractivity contribution in [2.75, 3.05) is 17.2 Å². The number of nitrogens with zero attached hydrogens (tertiary/aromatic N) is 2. The maximum absolute atomic E-state index is 5.81. The van der Waals surface area contributed by atoms with Crippen molar-refractivity contribution < 1.29 is 0 Å². The second kappa shape index (κ2) is 5.34. The van der Waals surface area contributed by atoms with Crippen LogP contribution in [0, 0.1) is 0 Å². The van der Waals surface area contributed by atoms with Crippen molar-refractivity contribution in [3.8, 4) is 0 Å². The number of benzene rings is 1. The maximum atomic E-state index is 5.81. The molecule has 1 aromatic carbocycles. The summed E-state index contributed by atoms with van der Waals surface area (Å²) >= 11 is 0. The Labute approximate surface area is 102 Å². The van der Waals surface area contributed by atoms with E-state index in [4.69, 9.17) is 5.73 Å². The van der Waals surface area contributed by atoms with Gasteiger partial charge in [-0.3, -0.25) is 4.98 Å². The molecule has 88 valence electrons. The molecule has 2 N–H and O–H groups in total. The Balaban J connectivity index is 2.17. The van der Waals surface area contributed by atoms with Crippen LogP contribution < -0.4 is 10.6 Å². The molecule has 2 aromatic rings. The van der Waals surface area contributed by atoms with Gasteiger partial charge in [-0.25, -0.2) is 0 Å². The summed E-state index contributed by atoms with van der Waals surface area (Å²) in [4.78, 5) is 6.31. The van der Waals surface area contributed by atoms with E-state index in [9.17, 15) is 0 Å². The second-order valence-corrected chi connectivity index (χ2v) is 3.96. The van der Waals surface area contributed by atoms with E-state index < -0.39 is 0 Å². The van der Waals surface area contributed by atoms with E-state index in [1.165, 1.54) is 5.56 Å². The number of hydrogen-bond acceptors (Lipinski definition) is 3.